The van der Waals surface area contributed by atoms with E-state index in [1.807, 2.05) is 24.0 Å². The molecule has 0 saturated heterocycles. The molecule has 0 atom stereocenters. The highest BCUT2D eigenvalue weighted by Gasteiger charge is 2.36. The third-order valence-corrected chi connectivity index (χ3v) is 5.41. The van der Waals surface area contributed by atoms with Gasteiger partial charge in [-0.3, -0.25) is 9.52 Å². The van der Waals surface area contributed by atoms with E-state index in [9.17, 15) is 13.2 Å². The molecule has 5 nitrogen and oxygen atoms in total. The van der Waals surface area contributed by atoms with Crippen molar-refractivity contribution in [1.29, 1.82) is 0 Å². The van der Waals surface area contributed by atoms with Gasteiger partial charge in [0.25, 0.3) is 0 Å². The molecule has 3 rings (SSSR count). The largest absolute Gasteiger partial charge is 0.312 e. The molecule has 21 heavy (non-hydrogen) atoms. The molecular weight excluding hydrogens is 288 g/mol. The van der Waals surface area contributed by atoms with E-state index < -0.39 is 10.0 Å². The van der Waals surface area contributed by atoms with Crippen LogP contribution in [0.1, 0.15) is 31.7 Å². The smallest absolute Gasteiger partial charge is 0.232 e. The summed E-state index contributed by atoms with van der Waals surface area (Å²) in [6.45, 7) is 2.54. The Balaban J connectivity index is 1.78. The minimum absolute atomic E-state index is 0.121. The van der Waals surface area contributed by atoms with Gasteiger partial charge < -0.3 is 4.90 Å². The van der Waals surface area contributed by atoms with Crippen LogP contribution in [0.25, 0.3) is 0 Å². The molecule has 0 bridgehead atoms. The maximum absolute atomic E-state index is 12.2. The molecule has 1 aliphatic heterocycles. The molecular formula is C15H20N2O3S. The third-order valence-electron chi connectivity index (χ3n) is 3.91. The van der Waals surface area contributed by atoms with Crippen molar-refractivity contribution in [2.75, 3.05) is 21.9 Å². The van der Waals surface area contributed by atoms with Gasteiger partial charge in [0.05, 0.1) is 5.75 Å². The molecule has 0 unspecified atom stereocenters. The van der Waals surface area contributed by atoms with Gasteiger partial charge in [-0.2, -0.15) is 0 Å². The summed E-state index contributed by atoms with van der Waals surface area (Å²) >= 11 is 0. The summed E-state index contributed by atoms with van der Waals surface area (Å²) in [5.41, 5.74) is 2.56. The van der Waals surface area contributed by atoms with Crippen LogP contribution in [-0.2, 0) is 21.2 Å². The van der Waals surface area contributed by atoms with Crippen LogP contribution in [0.2, 0.25) is 0 Å². The van der Waals surface area contributed by atoms with E-state index >= 15 is 0 Å². The minimum atomic E-state index is -3.27. The molecule has 1 heterocycles. The van der Waals surface area contributed by atoms with Gasteiger partial charge in [0.15, 0.2) is 0 Å². The molecule has 1 N–H and O–H groups in total. The first-order valence-electron chi connectivity index (χ1n) is 7.45. The number of carbonyl (C=O) groups is 1. The van der Waals surface area contributed by atoms with Crippen LogP contribution in [0.3, 0.4) is 0 Å². The van der Waals surface area contributed by atoms with E-state index in [-0.39, 0.29) is 17.6 Å². The summed E-state index contributed by atoms with van der Waals surface area (Å²) in [5.74, 6) is 0.544. The predicted molar refractivity (Wildman–Crippen MR) is 82.9 cm³/mol. The number of nitrogens with one attached hydrogen (secondary N) is 1. The lowest BCUT2D eigenvalue weighted by molar-refractivity contribution is -0.119. The molecule has 1 saturated carbocycles. The summed E-state index contributed by atoms with van der Waals surface area (Å²) in [6.07, 6.45) is 3.38. The van der Waals surface area contributed by atoms with Crippen LogP contribution < -0.4 is 9.62 Å². The summed E-state index contributed by atoms with van der Waals surface area (Å²) in [6, 6.07) is 5.44. The average Bonchev–Trinajstić information content (AvgIpc) is 3.18. The average molecular weight is 308 g/mol. The fourth-order valence-electron chi connectivity index (χ4n) is 2.74. The topological polar surface area (TPSA) is 66.5 Å². The zero-order valence-electron chi connectivity index (χ0n) is 12.1. The van der Waals surface area contributed by atoms with Crippen molar-refractivity contribution in [3.63, 3.8) is 0 Å². The van der Waals surface area contributed by atoms with E-state index in [0.717, 1.165) is 30.5 Å². The van der Waals surface area contributed by atoms with Gasteiger partial charge in [-0.25, -0.2) is 8.42 Å². The van der Waals surface area contributed by atoms with Crippen LogP contribution in [0.15, 0.2) is 18.2 Å². The molecule has 1 amide bonds. The van der Waals surface area contributed by atoms with Gasteiger partial charge >= 0.3 is 0 Å². The van der Waals surface area contributed by atoms with Crippen LogP contribution in [0, 0.1) is 5.92 Å². The normalized spacial score (nSPS) is 17.7. The Labute approximate surface area is 125 Å². The molecule has 1 fully saturated rings. The number of sulfonamides is 1. The first-order valence-corrected chi connectivity index (χ1v) is 9.10. The second kappa shape index (κ2) is 5.33. The molecule has 0 aromatic heterocycles. The molecule has 2 aliphatic rings. The highest BCUT2D eigenvalue weighted by atomic mass is 32.2. The Morgan fingerprint density at radius 3 is 2.81 bits per heavy atom. The van der Waals surface area contributed by atoms with Gasteiger partial charge in [-0.1, -0.05) is 6.92 Å². The molecule has 1 aromatic carbocycles. The number of amides is 1. The van der Waals surface area contributed by atoms with Crippen molar-refractivity contribution in [3.05, 3.63) is 23.8 Å². The fraction of sp³-hybridized carbons (Fsp3) is 0.533. The second-order valence-electron chi connectivity index (χ2n) is 5.78. The van der Waals surface area contributed by atoms with Crippen molar-refractivity contribution in [1.82, 2.24) is 0 Å². The summed E-state index contributed by atoms with van der Waals surface area (Å²) in [7, 11) is -3.27. The maximum Gasteiger partial charge on any atom is 0.232 e. The van der Waals surface area contributed by atoms with Gasteiger partial charge in [-0.05, 0) is 49.4 Å². The maximum atomic E-state index is 12.2. The third kappa shape index (κ3) is 3.05. The van der Waals surface area contributed by atoms with Crippen molar-refractivity contribution >= 4 is 27.3 Å². The predicted octanol–water partition coefficient (Wildman–Crippen LogP) is 2.14. The highest BCUT2D eigenvalue weighted by Crippen LogP contribution is 2.37. The Kier molecular flexibility index (Phi) is 3.65. The number of benzene rings is 1. The molecule has 114 valence electrons. The van der Waals surface area contributed by atoms with Gasteiger partial charge in [0.1, 0.15) is 0 Å². The quantitative estimate of drug-likeness (QED) is 0.906. The highest BCUT2D eigenvalue weighted by molar-refractivity contribution is 7.92. The summed E-state index contributed by atoms with van der Waals surface area (Å²) in [5, 5.41) is 0. The van der Waals surface area contributed by atoms with Crippen molar-refractivity contribution in [2.45, 2.75) is 32.6 Å². The van der Waals surface area contributed by atoms with Crippen LogP contribution in [0.4, 0.5) is 11.4 Å². The summed E-state index contributed by atoms with van der Waals surface area (Å²) in [4.78, 5) is 14.0. The first kappa shape index (κ1) is 14.4. The zero-order valence-corrected chi connectivity index (χ0v) is 12.9. The van der Waals surface area contributed by atoms with Gasteiger partial charge in [0.2, 0.25) is 15.9 Å². The number of rotatable bonds is 5. The zero-order chi connectivity index (χ0) is 15.0. The van der Waals surface area contributed by atoms with Gasteiger partial charge in [-0.15, -0.1) is 0 Å². The minimum Gasteiger partial charge on any atom is -0.312 e. The van der Waals surface area contributed by atoms with Crippen LogP contribution in [0.5, 0.6) is 0 Å². The Morgan fingerprint density at radius 1 is 1.38 bits per heavy atom. The lowest BCUT2D eigenvalue weighted by Crippen LogP contribution is -2.30. The fourth-order valence-corrected chi connectivity index (χ4v) is 3.87. The lowest BCUT2D eigenvalue weighted by Gasteiger charge is -2.17. The Bertz CT molecular complexity index is 665. The van der Waals surface area contributed by atoms with E-state index in [1.54, 1.807) is 6.07 Å². The van der Waals surface area contributed by atoms with Gasteiger partial charge in [0, 0.05) is 23.8 Å². The monoisotopic (exact) mass is 308 g/mol. The molecule has 1 aromatic rings. The van der Waals surface area contributed by atoms with E-state index in [1.165, 1.54) is 0 Å². The number of fused-ring (bicyclic) bond motifs is 1. The Morgan fingerprint density at radius 2 is 2.14 bits per heavy atom. The number of nitrogens with zero attached hydrogens (tertiary/aromatic N) is 1. The van der Waals surface area contributed by atoms with E-state index in [2.05, 4.69) is 4.72 Å². The molecule has 0 radical (unpaired) electrons. The molecule has 1 aliphatic carbocycles. The van der Waals surface area contributed by atoms with Crippen molar-refractivity contribution in [3.8, 4) is 0 Å². The number of hydrogen-bond donors (Lipinski definition) is 1. The molecule has 6 heteroatoms. The number of carbonyl (C=O) groups excluding carboxylic acids is 1. The van der Waals surface area contributed by atoms with E-state index in [0.29, 0.717) is 18.7 Å². The van der Waals surface area contributed by atoms with Crippen molar-refractivity contribution < 1.29 is 13.2 Å². The molecule has 0 spiro atoms. The van der Waals surface area contributed by atoms with E-state index in [4.69, 9.17) is 0 Å². The van der Waals surface area contributed by atoms with Crippen molar-refractivity contribution in [2.24, 2.45) is 5.92 Å². The first-order chi connectivity index (χ1) is 10.00. The summed E-state index contributed by atoms with van der Waals surface area (Å²) < 4.78 is 26.2. The Hall–Kier alpha value is -1.56. The standard InChI is InChI=1S/C15H20N2O3S/c1-2-9-21(19,20)16-13-5-6-14-12(10-13)7-8-17(14)15(18)11-3-4-11/h5-6,10-11,16H,2-4,7-9H2,1H3. The lowest BCUT2D eigenvalue weighted by atomic mass is 10.1. The number of anilines is 2. The van der Waals surface area contributed by atoms with Crippen LogP contribution in [-0.4, -0.2) is 26.6 Å². The van der Waals surface area contributed by atoms with Crippen LogP contribution >= 0.6 is 0 Å². The second-order valence-corrected chi connectivity index (χ2v) is 7.62. The SMILES string of the molecule is CCCS(=O)(=O)Nc1ccc2c(c1)CCN2C(=O)C1CC1. The number of hydrogen-bond acceptors (Lipinski definition) is 3.